The van der Waals surface area contributed by atoms with Gasteiger partial charge >= 0.3 is 0 Å². The molecule has 3 aromatic rings. The summed E-state index contributed by atoms with van der Waals surface area (Å²) in [5, 5.41) is 25.3. The van der Waals surface area contributed by atoms with Crippen molar-refractivity contribution in [3.8, 4) is 0 Å². The molecule has 0 radical (unpaired) electrons. The summed E-state index contributed by atoms with van der Waals surface area (Å²) in [6.07, 6.45) is -0.754. The monoisotopic (exact) mass is 442 g/mol. The molecule has 0 aliphatic carbocycles. The number of fused-ring (bicyclic) bond motifs is 1. The normalized spacial score (nSPS) is 24.3. The molecule has 1 aromatic carbocycles. The van der Waals surface area contributed by atoms with Crippen molar-refractivity contribution in [1.82, 2.24) is 14.5 Å². The quantitative estimate of drug-likeness (QED) is 0.524. The molecule has 162 valence electrons. The van der Waals surface area contributed by atoms with Crippen LogP contribution in [0.1, 0.15) is 31.6 Å². The number of halogens is 1. The second-order valence-corrected chi connectivity index (χ2v) is 8.17. The minimum atomic E-state index is -1.17. The van der Waals surface area contributed by atoms with Crippen LogP contribution in [0.5, 0.6) is 0 Å². The molecule has 3 heterocycles. The van der Waals surface area contributed by atoms with Gasteiger partial charge in [-0.2, -0.15) is 0 Å². The van der Waals surface area contributed by atoms with E-state index < -0.39 is 24.5 Å². The Balaban J connectivity index is 1.63. The number of nitrogens with zero attached hydrogens (tertiary/aromatic N) is 3. The Morgan fingerprint density at radius 1 is 1.23 bits per heavy atom. The Morgan fingerprint density at radius 2 is 1.94 bits per heavy atom. The Kier molecular flexibility index (Phi) is 5.81. The highest BCUT2D eigenvalue weighted by Crippen LogP contribution is 2.38. The average Bonchev–Trinajstić information content (AvgIpc) is 3.30. The lowest BCUT2D eigenvalue weighted by Crippen LogP contribution is -2.34. The van der Waals surface area contributed by atoms with Crippen LogP contribution in [0.3, 0.4) is 0 Å². The maximum Gasteiger partial charge on any atom is 0.251 e. The highest BCUT2D eigenvalue weighted by atomic mass is 35.5. The number of benzene rings is 1. The number of anilines is 1. The zero-order valence-corrected chi connectivity index (χ0v) is 17.8. The van der Waals surface area contributed by atoms with E-state index in [-0.39, 0.29) is 11.8 Å². The molecule has 1 fully saturated rings. The molecule has 0 unspecified atom stereocenters. The van der Waals surface area contributed by atoms with Gasteiger partial charge in [-0.15, -0.1) is 0 Å². The van der Waals surface area contributed by atoms with Crippen LogP contribution in [0.15, 0.2) is 55.0 Å². The molecule has 3 N–H and O–H groups in total. The first-order valence-corrected chi connectivity index (χ1v) is 10.2. The minimum absolute atomic E-state index is 0.186. The average molecular weight is 443 g/mol. The van der Waals surface area contributed by atoms with Crippen LogP contribution in [-0.4, -0.2) is 49.0 Å². The molecule has 9 heteroatoms. The van der Waals surface area contributed by atoms with Gasteiger partial charge in [-0.3, -0.25) is 4.79 Å². The third kappa shape index (κ3) is 3.95. The van der Waals surface area contributed by atoms with E-state index in [0.29, 0.717) is 27.4 Å². The summed E-state index contributed by atoms with van der Waals surface area (Å²) < 4.78 is 7.75. The Labute approximate surface area is 184 Å². The van der Waals surface area contributed by atoms with Gasteiger partial charge in [-0.05, 0) is 30.7 Å². The van der Waals surface area contributed by atoms with Crippen LogP contribution < -0.4 is 5.32 Å². The maximum atomic E-state index is 12.0. The van der Waals surface area contributed by atoms with Gasteiger partial charge in [0.15, 0.2) is 6.23 Å². The molecule has 2 aromatic heterocycles. The number of aliphatic hydroxyl groups excluding tert-OH is 2. The van der Waals surface area contributed by atoms with Crippen molar-refractivity contribution >= 4 is 34.4 Å². The molecule has 8 nitrogen and oxygen atoms in total. The second-order valence-electron chi connectivity index (χ2n) is 7.73. The number of nitrogens with one attached hydrogen (secondary N) is 1. The highest BCUT2D eigenvalue weighted by Gasteiger charge is 2.46. The van der Waals surface area contributed by atoms with Crippen LogP contribution in [0.25, 0.3) is 11.0 Å². The topological polar surface area (TPSA) is 110 Å². The molecule has 1 aliphatic rings. The molecule has 0 spiro atoms. The standard InChI is InChI=1S/C22H23ClN4O4/c1-11(2)21(30)26-19-15-8-9-27(20(15)25-10-24-19)22-17(29)16(28)18(31-22)12(3)13-4-6-14(23)7-5-13/h4-10,12,16-18,22,28-29H,1H2,2-3H3,(H,24,25,26,30)/t12-,16+,17-,18-,22-/m1/s1. The first-order valence-electron chi connectivity index (χ1n) is 9.83. The lowest BCUT2D eigenvalue weighted by Gasteiger charge is -2.22. The third-order valence-electron chi connectivity index (χ3n) is 5.57. The fraction of sp³-hybridized carbons (Fsp3) is 0.318. The van der Waals surface area contributed by atoms with Gasteiger partial charge in [0, 0.05) is 22.7 Å². The van der Waals surface area contributed by atoms with E-state index in [0.717, 1.165) is 5.56 Å². The van der Waals surface area contributed by atoms with Gasteiger partial charge in [0.1, 0.15) is 30.0 Å². The van der Waals surface area contributed by atoms with E-state index in [4.69, 9.17) is 16.3 Å². The summed E-state index contributed by atoms with van der Waals surface area (Å²) in [5.41, 5.74) is 1.75. The molecular formula is C22H23ClN4O4. The zero-order chi connectivity index (χ0) is 22.3. The van der Waals surface area contributed by atoms with Crippen molar-refractivity contribution in [2.24, 2.45) is 0 Å². The molecule has 0 bridgehead atoms. The van der Waals surface area contributed by atoms with E-state index in [2.05, 4.69) is 21.9 Å². The van der Waals surface area contributed by atoms with Crippen molar-refractivity contribution in [3.05, 3.63) is 65.6 Å². The number of aliphatic hydroxyl groups is 2. The largest absolute Gasteiger partial charge is 0.387 e. The van der Waals surface area contributed by atoms with Gasteiger partial charge in [-0.1, -0.05) is 37.2 Å². The summed E-state index contributed by atoms with van der Waals surface area (Å²) in [5.74, 6) is -0.207. The Hall–Kier alpha value is -2.78. The SMILES string of the molecule is C=C(C)C(=O)Nc1ncnc2c1ccn2[C@@H]1O[C@H]([C@H](C)c2ccc(Cl)cc2)[C@@H](O)[C@H]1O. The second kappa shape index (κ2) is 8.39. The van der Waals surface area contributed by atoms with Gasteiger partial charge in [0.25, 0.3) is 5.91 Å². The highest BCUT2D eigenvalue weighted by molar-refractivity contribution is 6.30. The Bertz CT molecular complexity index is 1130. The molecule has 31 heavy (non-hydrogen) atoms. The predicted octanol–water partition coefficient (Wildman–Crippen LogP) is 3.02. The number of carbonyl (C=O) groups is 1. The van der Waals surface area contributed by atoms with E-state index in [1.54, 1.807) is 35.9 Å². The van der Waals surface area contributed by atoms with Crippen LogP contribution >= 0.6 is 11.6 Å². The number of ether oxygens (including phenoxy) is 1. The summed E-state index contributed by atoms with van der Waals surface area (Å²) in [4.78, 5) is 20.4. The van der Waals surface area contributed by atoms with Crippen LogP contribution in [0.2, 0.25) is 5.02 Å². The van der Waals surface area contributed by atoms with E-state index in [9.17, 15) is 15.0 Å². The fourth-order valence-electron chi connectivity index (χ4n) is 3.77. The molecule has 5 atom stereocenters. The number of rotatable bonds is 5. The van der Waals surface area contributed by atoms with Crippen molar-refractivity contribution in [2.75, 3.05) is 5.32 Å². The van der Waals surface area contributed by atoms with Gasteiger partial charge < -0.3 is 24.8 Å². The van der Waals surface area contributed by atoms with Crippen molar-refractivity contribution < 1.29 is 19.7 Å². The molecule has 4 rings (SSSR count). The van der Waals surface area contributed by atoms with E-state index in [1.165, 1.54) is 6.33 Å². The Morgan fingerprint density at radius 3 is 2.61 bits per heavy atom. The van der Waals surface area contributed by atoms with E-state index in [1.807, 2.05) is 19.1 Å². The molecular weight excluding hydrogens is 420 g/mol. The van der Waals surface area contributed by atoms with Crippen LogP contribution in [0.4, 0.5) is 5.82 Å². The summed E-state index contributed by atoms with van der Waals surface area (Å²) in [6.45, 7) is 7.15. The first-order chi connectivity index (χ1) is 14.8. The van der Waals surface area contributed by atoms with Crippen molar-refractivity contribution in [1.29, 1.82) is 0 Å². The summed E-state index contributed by atoms with van der Waals surface area (Å²) in [7, 11) is 0. The van der Waals surface area contributed by atoms with E-state index >= 15 is 0 Å². The van der Waals surface area contributed by atoms with Gasteiger partial charge in [0.05, 0.1) is 11.5 Å². The third-order valence-corrected chi connectivity index (χ3v) is 5.82. The number of hydrogen-bond donors (Lipinski definition) is 3. The van der Waals surface area contributed by atoms with Crippen LogP contribution in [0, 0.1) is 0 Å². The number of amides is 1. The maximum absolute atomic E-state index is 12.0. The predicted molar refractivity (Wildman–Crippen MR) is 117 cm³/mol. The van der Waals surface area contributed by atoms with Crippen molar-refractivity contribution in [3.63, 3.8) is 0 Å². The lowest BCUT2D eigenvalue weighted by atomic mass is 9.91. The first kappa shape index (κ1) is 21.5. The van der Waals surface area contributed by atoms with Crippen molar-refractivity contribution in [2.45, 2.75) is 44.3 Å². The summed E-state index contributed by atoms with van der Waals surface area (Å²) >= 11 is 5.97. The van der Waals surface area contributed by atoms with Gasteiger partial charge in [0.2, 0.25) is 0 Å². The zero-order valence-electron chi connectivity index (χ0n) is 17.1. The smallest absolute Gasteiger partial charge is 0.251 e. The fourth-order valence-corrected chi connectivity index (χ4v) is 3.90. The summed E-state index contributed by atoms with van der Waals surface area (Å²) in [6, 6.07) is 9.02. The minimum Gasteiger partial charge on any atom is -0.387 e. The molecule has 1 saturated heterocycles. The number of hydrogen-bond acceptors (Lipinski definition) is 6. The van der Waals surface area contributed by atoms with Crippen LogP contribution in [-0.2, 0) is 9.53 Å². The molecule has 0 saturated carbocycles. The molecule has 1 aliphatic heterocycles. The molecule has 1 amide bonds. The number of aromatic nitrogens is 3. The lowest BCUT2D eigenvalue weighted by molar-refractivity contribution is -0.112. The number of carbonyl (C=O) groups excluding carboxylic acids is 1. The van der Waals surface area contributed by atoms with Gasteiger partial charge in [-0.25, -0.2) is 9.97 Å².